The van der Waals surface area contributed by atoms with Crippen LogP contribution in [0.1, 0.15) is 0 Å². The van der Waals surface area contributed by atoms with E-state index in [4.69, 9.17) is 12.2 Å². The number of thiocarbonyl (C=S) groups is 1. The molecule has 0 aromatic heterocycles. The molecule has 1 aromatic carbocycles. The molecule has 0 aliphatic carbocycles. The lowest BCUT2D eigenvalue weighted by Crippen LogP contribution is -2.43. The van der Waals surface area contributed by atoms with Gasteiger partial charge in [-0.2, -0.15) is 0 Å². The maximum atomic E-state index is 11.3. The molecular weight excluding hydrogens is 310 g/mol. The van der Waals surface area contributed by atoms with Crippen LogP contribution in [0, 0.1) is 0 Å². The topological polar surface area (TPSA) is 90.5 Å². The fourth-order valence-corrected chi connectivity index (χ4v) is 4.15. The van der Waals surface area contributed by atoms with Crippen LogP contribution in [0.4, 0.5) is 5.69 Å². The van der Waals surface area contributed by atoms with Crippen LogP contribution in [0.2, 0.25) is 0 Å². The molecule has 2 rings (SSSR count). The van der Waals surface area contributed by atoms with Crippen molar-refractivity contribution in [2.75, 3.05) is 29.9 Å². The number of hydrogen-bond donors (Lipinski definition) is 4. The van der Waals surface area contributed by atoms with E-state index in [1.54, 1.807) is 0 Å². The molecule has 2 unspecified atom stereocenters. The molecule has 0 spiro atoms. The molecule has 8 heteroatoms. The van der Waals surface area contributed by atoms with Gasteiger partial charge in [0.1, 0.15) is 0 Å². The van der Waals surface area contributed by atoms with Gasteiger partial charge >= 0.3 is 0 Å². The number of sulfone groups is 1. The highest BCUT2D eigenvalue weighted by molar-refractivity contribution is 7.91. The van der Waals surface area contributed by atoms with Crippen molar-refractivity contribution in [1.82, 2.24) is 10.6 Å². The molecule has 0 radical (unpaired) electrons. The zero-order chi connectivity index (χ0) is 15.3. The van der Waals surface area contributed by atoms with Crippen molar-refractivity contribution in [3.63, 3.8) is 0 Å². The van der Waals surface area contributed by atoms with Gasteiger partial charge in [0.05, 0.1) is 17.6 Å². The third-order valence-corrected chi connectivity index (χ3v) is 5.13. The monoisotopic (exact) mass is 329 g/mol. The molecule has 4 N–H and O–H groups in total. The molecule has 1 fully saturated rings. The van der Waals surface area contributed by atoms with Gasteiger partial charge in [-0.3, -0.25) is 0 Å². The summed E-state index contributed by atoms with van der Waals surface area (Å²) in [6.45, 7) is 1.07. The Morgan fingerprint density at radius 2 is 1.95 bits per heavy atom. The lowest BCUT2D eigenvalue weighted by molar-refractivity contribution is 0.166. The van der Waals surface area contributed by atoms with Crippen molar-refractivity contribution in [3.05, 3.63) is 30.3 Å². The van der Waals surface area contributed by atoms with Gasteiger partial charge in [0, 0.05) is 24.8 Å². The number of nitrogens with one attached hydrogen (secondary N) is 3. The van der Waals surface area contributed by atoms with Crippen LogP contribution >= 0.6 is 12.2 Å². The smallest absolute Gasteiger partial charge is 0.170 e. The highest BCUT2D eigenvalue weighted by atomic mass is 32.2. The second kappa shape index (κ2) is 7.17. The van der Waals surface area contributed by atoms with Gasteiger partial charge in [0.15, 0.2) is 14.9 Å². The Morgan fingerprint density at radius 1 is 1.24 bits per heavy atom. The van der Waals surface area contributed by atoms with E-state index in [0.29, 0.717) is 18.2 Å². The lowest BCUT2D eigenvalue weighted by Gasteiger charge is -2.16. The first-order valence-electron chi connectivity index (χ1n) is 6.68. The average molecular weight is 329 g/mol. The van der Waals surface area contributed by atoms with E-state index in [0.717, 1.165) is 5.69 Å². The molecule has 1 heterocycles. The van der Waals surface area contributed by atoms with E-state index in [1.807, 2.05) is 30.3 Å². The van der Waals surface area contributed by atoms with Crippen LogP contribution in [-0.2, 0) is 9.84 Å². The van der Waals surface area contributed by atoms with Crippen molar-refractivity contribution >= 4 is 32.9 Å². The molecule has 1 aliphatic heterocycles. The maximum absolute atomic E-state index is 11.3. The highest BCUT2D eigenvalue weighted by Crippen LogP contribution is 2.11. The SMILES string of the molecule is O=S1(=O)CC(O)C(NCCNC(=S)Nc2ccccc2)C1. The third kappa shape index (κ3) is 5.24. The summed E-state index contributed by atoms with van der Waals surface area (Å²) in [5, 5.41) is 19.2. The van der Waals surface area contributed by atoms with Gasteiger partial charge in [-0.05, 0) is 24.4 Å². The van der Waals surface area contributed by atoms with E-state index < -0.39 is 22.0 Å². The highest BCUT2D eigenvalue weighted by Gasteiger charge is 2.35. The van der Waals surface area contributed by atoms with Gasteiger partial charge in [-0.25, -0.2) is 8.42 Å². The molecule has 1 saturated heterocycles. The standard InChI is InChI=1S/C13H19N3O3S2/c17-12-9-21(18,19)8-11(12)14-6-7-15-13(20)16-10-4-2-1-3-5-10/h1-5,11-12,14,17H,6-9H2,(H2,15,16,20). The average Bonchev–Trinajstić information content (AvgIpc) is 2.68. The molecule has 21 heavy (non-hydrogen) atoms. The second-order valence-corrected chi connectivity index (χ2v) is 7.51. The van der Waals surface area contributed by atoms with Gasteiger partial charge < -0.3 is 21.1 Å². The Hall–Kier alpha value is -1.22. The normalized spacial score (nSPS) is 23.7. The lowest BCUT2D eigenvalue weighted by atomic mass is 10.2. The molecule has 2 atom stereocenters. The van der Waals surface area contributed by atoms with Crippen LogP contribution in [0.5, 0.6) is 0 Å². The minimum Gasteiger partial charge on any atom is -0.390 e. The predicted molar refractivity (Wildman–Crippen MR) is 87.1 cm³/mol. The minimum absolute atomic E-state index is 0.0130. The Balaban J connectivity index is 1.65. The predicted octanol–water partition coefficient (Wildman–Crippen LogP) is -0.279. The summed E-state index contributed by atoms with van der Waals surface area (Å²) in [6.07, 6.45) is -0.829. The van der Waals surface area contributed by atoms with Crippen LogP contribution in [-0.4, -0.2) is 55.4 Å². The molecule has 0 bridgehead atoms. The fourth-order valence-electron chi connectivity index (χ4n) is 2.15. The van der Waals surface area contributed by atoms with Gasteiger partial charge in [0.25, 0.3) is 0 Å². The number of hydrogen-bond acceptors (Lipinski definition) is 5. The fraction of sp³-hybridized carbons (Fsp3) is 0.462. The number of aliphatic hydroxyl groups excluding tert-OH is 1. The zero-order valence-electron chi connectivity index (χ0n) is 11.5. The summed E-state index contributed by atoms with van der Waals surface area (Å²) in [7, 11) is -3.11. The van der Waals surface area contributed by atoms with Crippen molar-refractivity contribution in [2.45, 2.75) is 12.1 Å². The first-order chi connectivity index (χ1) is 9.96. The first kappa shape index (κ1) is 16.2. The largest absolute Gasteiger partial charge is 0.390 e. The molecule has 0 saturated carbocycles. The molecule has 0 amide bonds. The zero-order valence-corrected chi connectivity index (χ0v) is 13.1. The van der Waals surface area contributed by atoms with Crippen molar-refractivity contribution in [1.29, 1.82) is 0 Å². The van der Waals surface area contributed by atoms with Gasteiger partial charge in [0.2, 0.25) is 0 Å². The Labute approximate surface area is 129 Å². The number of para-hydroxylation sites is 1. The summed E-state index contributed by atoms with van der Waals surface area (Å²) in [6, 6.07) is 9.17. The van der Waals surface area contributed by atoms with Gasteiger partial charge in [-0.1, -0.05) is 18.2 Å². The van der Waals surface area contributed by atoms with E-state index in [1.165, 1.54) is 0 Å². The Morgan fingerprint density at radius 3 is 2.57 bits per heavy atom. The molecule has 1 aliphatic rings. The van der Waals surface area contributed by atoms with Crippen LogP contribution in [0.15, 0.2) is 30.3 Å². The summed E-state index contributed by atoms with van der Waals surface area (Å²) in [5.41, 5.74) is 0.903. The number of rotatable bonds is 5. The second-order valence-electron chi connectivity index (χ2n) is 4.95. The van der Waals surface area contributed by atoms with E-state index >= 15 is 0 Å². The quantitative estimate of drug-likeness (QED) is 0.436. The summed E-state index contributed by atoms with van der Waals surface area (Å²) >= 11 is 5.15. The van der Waals surface area contributed by atoms with Crippen molar-refractivity contribution in [2.24, 2.45) is 0 Å². The molecule has 6 nitrogen and oxygen atoms in total. The molecule has 1 aromatic rings. The summed E-state index contributed by atoms with van der Waals surface area (Å²) in [5.74, 6) is -0.174. The maximum Gasteiger partial charge on any atom is 0.170 e. The summed E-state index contributed by atoms with van der Waals surface area (Å²) < 4.78 is 22.7. The van der Waals surface area contributed by atoms with Crippen molar-refractivity contribution < 1.29 is 13.5 Å². The Bertz CT molecular complexity index is 578. The van der Waals surface area contributed by atoms with Crippen LogP contribution < -0.4 is 16.0 Å². The van der Waals surface area contributed by atoms with E-state index in [-0.39, 0.29) is 11.5 Å². The van der Waals surface area contributed by atoms with Crippen LogP contribution in [0.3, 0.4) is 0 Å². The number of aliphatic hydroxyl groups is 1. The number of anilines is 1. The summed E-state index contributed by atoms with van der Waals surface area (Å²) in [4.78, 5) is 0. The van der Waals surface area contributed by atoms with Gasteiger partial charge in [-0.15, -0.1) is 0 Å². The van der Waals surface area contributed by atoms with E-state index in [9.17, 15) is 13.5 Å². The Kier molecular flexibility index (Phi) is 5.51. The van der Waals surface area contributed by atoms with E-state index in [2.05, 4.69) is 16.0 Å². The van der Waals surface area contributed by atoms with Crippen LogP contribution in [0.25, 0.3) is 0 Å². The number of benzene rings is 1. The van der Waals surface area contributed by atoms with Crippen molar-refractivity contribution in [3.8, 4) is 0 Å². The minimum atomic E-state index is -3.11. The molecule has 116 valence electrons. The molecular formula is C13H19N3O3S2. The third-order valence-electron chi connectivity index (χ3n) is 3.17. The first-order valence-corrected chi connectivity index (χ1v) is 8.91.